The average molecular weight is 454 g/mol. The number of nitrogens with one attached hydrogen (secondary N) is 1. The quantitative estimate of drug-likeness (QED) is 0.473. The standard InChI is InChI=1S/C22H19FN4O4S/c1-10-4-11(17-14(5-10)26-16(30-3)8-24-17)20-27-15-6-13(23)18-12(19(15)32-20)7-22(2,31-18)9-25-21(28)29/h4-6,8,25H,7,9H2,1-3H3,(H,28,29). The fourth-order valence-corrected chi connectivity index (χ4v) is 5.09. The summed E-state index contributed by atoms with van der Waals surface area (Å²) in [4.78, 5) is 24.6. The second-order valence-corrected chi connectivity index (χ2v) is 9.01. The van der Waals surface area contributed by atoms with Gasteiger partial charge >= 0.3 is 6.09 Å². The molecule has 1 atom stereocenters. The smallest absolute Gasteiger partial charge is 0.404 e. The average Bonchev–Trinajstić information content (AvgIpc) is 3.33. The van der Waals surface area contributed by atoms with Gasteiger partial charge in [-0.2, -0.15) is 0 Å². The third-order valence-electron chi connectivity index (χ3n) is 5.40. The first-order valence-corrected chi connectivity index (χ1v) is 10.7. The number of nitrogens with zero attached hydrogens (tertiary/aromatic N) is 3. The number of ether oxygens (including phenoxy) is 2. The highest BCUT2D eigenvalue weighted by Gasteiger charge is 2.39. The summed E-state index contributed by atoms with van der Waals surface area (Å²) in [5.41, 5.74) is 3.50. The molecule has 0 saturated carbocycles. The van der Waals surface area contributed by atoms with Crippen molar-refractivity contribution in [2.45, 2.75) is 25.9 Å². The third-order valence-corrected chi connectivity index (χ3v) is 6.57. The van der Waals surface area contributed by atoms with Gasteiger partial charge in [-0.1, -0.05) is 0 Å². The number of carbonyl (C=O) groups is 1. The first kappa shape index (κ1) is 20.4. The molecule has 0 saturated heterocycles. The minimum atomic E-state index is -1.15. The molecule has 0 bridgehead atoms. The van der Waals surface area contributed by atoms with Crippen LogP contribution in [0, 0.1) is 12.7 Å². The summed E-state index contributed by atoms with van der Waals surface area (Å²) in [6.07, 6.45) is 0.769. The monoisotopic (exact) mass is 454 g/mol. The second kappa shape index (κ2) is 7.27. The normalized spacial score (nSPS) is 17.4. The summed E-state index contributed by atoms with van der Waals surface area (Å²) < 4.78 is 26.7. The number of halogens is 1. The van der Waals surface area contributed by atoms with Crippen LogP contribution in [0.5, 0.6) is 11.6 Å². The minimum Gasteiger partial charge on any atom is -0.482 e. The van der Waals surface area contributed by atoms with Crippen molar-refractivity contribution in [3.05, 3.63) is 41.3 Å². The SMILES string of the molecule is COc1cnc2c(-c3nc4cc(F)c5c(c4s3)CC(C)(CNC(=O)O)O5)cc(C)cc2n1. The van der Waals surface area contributed by atoms with E-state index in [0.717, 1.165) is 15.8 Å². The highest BCUT2D eigenvalue weighted by atomic mass is 32.1. The van der Waals surface area contributed by atoms with Crippen molar-refractivity contribution in [2.24, 2.45) is 0 Å². The number of fused-ring (bicyclic) bond motifs is 4. The Morgan fingerprint density at radius 1 is 1.34 bits per heavy atom. The van der Waals surface area contributed by atoms with Crippen molar-refractivity contribution < 1.29 is 23.8 Å². The largest absolute Gasteiger partial charge is 0.482 e. The number of aryl methyl sites for hydroxylation is 1. The number of amides is 1. The summed E-state index contributed by atoms with van der Waals surface area (Å²) in [5, 5.41) is 12.0. The van der Waals surface area contributed by atoms with E-state index in [-0.39, 0.29) is 12.3 Å². The van der Waals surface area contributed by atoms with Crippen LogP contribution in [0.25, 0.3) is 31.8 Å². The van der Waals surface area contributed by atoms with Crippen molar-refractivity contribution >= 4 is 38.7 Å². The molecule has 8 nitrogen and oxygen atoms in total. The molecule has 1 amide bonds. The number of carboxylic acid groups (broad SMARTS) is 1. The number of methoxy groups -OCH3 is 1. The molecule has 1 unspecified atom stereocenters. The van der Waals surface area contributed by atoms with Gasteiger partial charge in [-0.25, -0.2) is 24.1 Å². The molecule has 4 aromatic rings. The molecule has 3 heterocycles. The summed E-state index contributed by atoms with van der Waals surface area (Å²) in [7, 11) is 1.54. The lowest BCUT2D eigenvalue weighted by atomic mass is 9.99. The lowest BCUT2D eigenvalue weighted by Gasteiger charge is -2.23. The van der Waals surface area contributed by atoms with Crippen LogP contribution in [0.4, 0.5) is 9.18 Å². The Morgan fingerprint density at radius 3 is 2.91 bits per heavy atom. The molecule has 0 radical (unpaired) electrons. The Hall–Kier alpha value is -3.53. The lowest BCUT2D eigenvalue weighted by molar-refractivity contribution is 0.107. The van der Waals surface area contributed by atoms with Crippen LogP contribution < -0.4 is 14.8 Å². The van der Waals surface area contributed by atoms with Gasteiger partial charge in [0.15, 0.2) is 11.6 Å². The predicted octanol–water partition coefficient (Wildman–Crippen LogP) is 4.32. The number of rotatable bonds is 4. The van der Waals surface area contributed by atoms with Crippen LogP contribution in [0.1, 0.15) is 18.1 Å². The van der Waals surface area contributed by atoms with Gasteiger partial charge in [0, 0.05) is 23.6 Å². The van der Waals surface area contributed by atoms with Crippen LogP contribution >= 0.6 is 11.3 Å². The number of hydrogen-bond donors (Lipinski definition) is 2. The molecule has 2 N–H and O–H groups in total. The number of aromatic nitrogens is 3. The van der Waals surface area contributed by atoms with Crippen LogP contribution in [0.2, 0.25) is 0 Å². The van der Waals surface area contributed by atoms with Gasteiger partial charge in [0.25, 0.3) is 0 Å². The lowest BCUT2D eigenvalue weighted by Crippen LogP contribution is -2.43. The Balaban J connectivity index is 1.63. The second-order valence-electron chi connectivity index (χ2n) is 8.01. The Kier molecular flexibility index (Phi) is 4.63. The molecule has 0 aliphatic carbocycles. The summed E-state index contributed by atoms with van der Waals surface area (Å²) in [5.74, 6) is 0.0627. The van der Waals surface area contributed by atoms with E-state index in [1.807, 2.05) is 19.1 Å². The number of benzene rings is 2. The van der Waals surface area contributed by atoms with Crippen molar-refractivity contribution in [3.63, 3.8) is 0 Å². The molecule has 10 heteroatoms. The molecule has 1 aliphatic rings. The van der Waals surface area contributed by atoms with Crippen LogP contribution in [-0.4, -0.2) is 45.4 Å². The van der Waals surface area contributed by atoms with Gasteiger partial charge in [0.05, 0.1) is 41.1 Å². The first-order chi connectivity index (χ1) is 15.3. The van der Waals surface area contributed by atoms with Crippen molar-refractivity contribution in [1.82, 2.24) is 20.3 Å². The van der Waals surface area contributed by atoms with Crippen molar-refractivity contribution in [3.8, 4) is 22.2 Å². The fourth-order valence-electron chi connectivity index (χ4n) is 3.99. The van der Waals surface area contributed by atoms with E-state index in [0.29, 0.717) is 39.4 Å². The topological polar surface area (TPSA) is 106 Å². The Bertz CT molecular complexity index is 1410. The fraction of sp³-hybridized carbons (Fsp3) is 0.273. The maximum Gasteiger partial charge on any atom is 0.404 e. The van der Waals surface area contributed by atoms with Crippen LogP contribution in [0.3, 0.4) is 0 Å². The highest BCUT2D eigenvalue weighted by Crippen LogP contribution is 2.45. The van der Waals surface area contributed by atoms with E-state index in [9.17, 15) is 9.18 Å². The molecule has 5 rings (SSSR count). The van der Waals surface area contributed by atoms with E-state index in [1.54, 1.807) is 13.1 Å². The molecule has 2 aromatic carbocycles. The van der Waals surface area contributed by atoms with Gasteiger partial charge in [0.1, 0.15) is 10.6 Å². The van der Waals surface area contributed by atoms with E-state index >= 15 is 0 Å². The molecule has 0 spiro atoms. The minimum absolute atomic E-state index is 0.0452. The number of hydrogen-bond acceptors (Lipinski definition) is 7. The molecule has 1 aliphatic heterocycles. The zero-order chi connectivity index (χ0) is 22.6. The van der Waals surface area contributed by atoms with Crippen molar-refractivity contribution in [1.29, 1.82) is 0 Å². The van der Waals surface area contributed by atoms with Crippen LogP contribution in [-0.2, 0) is 6.42 Å². The number of thiazole rings is 1. The van der Waals surface area contributed by atoms with E-state index in [4.69, 9.17) is 19.6 Å². The maximum atomic E-state index is 14.8. The van der Waals surface area contributed by atoms with E-state index < -0.39 is 17.5 Å². The van der Waals surface area contributed by atoms with Gasteiger partial charge < -0.3 is 19.9 Å². The third kappa shape index (κ3) is 3.36. The van der Waals surface area contributed by atoms with Gasteiger partial charge in [-0.3, -0.25) is 0 Å². The molecule has 164 valence electrons. The van der Waals surface area contributed by atoms with Gasteiger partial charge in [-0.15, -0.1) is 11.3 Å². The summed E-state index contributed by atoms with van der Waals surface area (Å²) in [6.45, 7) is 3.76. The zero-order valence-corrected chi connectivity index (χ0v) is 18.3. The molecule has 32 heavy (non-hydrogen) atoms. The molecular weight excluding hydrogens is 435 g/mol. The van der Waals surface area contributed by atoms with Crippen molar-refractivity contribution in [2.75, 3.05) is 13.7 Å². The predicted molar refractivity (Wildman–Crippen MR) is 118 cm³/mol. The maximum absolute atomic E-state index is 14.8. The highest BCUT2D eigenvalue weighted by molar-refractivity contribution is 7.22. The Morgan fingerprint density at radius 2 is 2.16 bits per heavy atom. The van der Waals surface area contributed by atoms with Gasteiger partial charge in [-0.05, 0) is 31.5 Å². The zero-order valence-electron chi connectivity index (χ0n) is 17.5. The van der Waals surface area contributed by atoms with Gasteiger partial charge in [0.2, 0.25) is 5.88 Å². The van der Waals surface area contributed by atoms with Crippen LogP contribution in [0.15, 0.2) is 24.4 Å². The summed E-state index contributed by atoms with van der Waals surface area (Å²) >= 11 is 1.43. The van der Waals surface area contributed by atoms with E-state index in [2.05, 4.69) is 15.3 Å². The molecule has 0 fully saturated rings. The molecular formula is C22H19FN4O4S. The Labute approximate surface area is 186 Å². The summed E-state index contributed by atoms with van der Waals surface area (Å²) in [6, 6.07) is 5.26. The van der Waals surface area contributed by atoms with E-state index in [1.165, 1.54) is 24.5 Å². The molecule has 2 aromatic heterocycles. The first-order valence-electron chi connectivity index (χ1n) is 9.86.